The number of nitrogens with one attached hydrogen (secondary N) is 1. The summed E-state index contributed by atoms with van der Waals surface area (Å²) in [6, 6.07) is 0. The van der Waals surface area contributed by atoms with Crippen LogP contribution in [0.3, 0.4) is 0 Å². The number of aryl methyl sites for hydroxylation is 1. The summed E-state index contributed by atoms with van der Waals surface area (Å²) in [7, 11) is 0. The predicted octanol–water partition coefficient (Wildman–Crippen LogP) is 0.924. The quantitative estimate of drug-likeness (QED) is 0.672. The molecule has 0 unspecified atom stereocenters. The highest BCUT2D eigenvalue weighted by atomic mass is 32.1. The van der Waals surface area contributed by atoms with E-state index in [1.54, 1.807) is 11.3 Å². The second kappa shape index (κ2) is 5.24. The second-order valence-corrected chi connectivity index (χ2v) is 3.55. The molecule has 1 heterocycles. The number of nitrogens with zero attached hydrogens (tertiary/aromatic N) is 1. The lowest BCUT2D eigenvalue weighted by molar-refractivity contribution is 0.286. The van der Waals surface area contributed by atoms with Gasteiger partial charge in [0.1, 0.15) is 0 Å². The summed E-state index contributed by atoms with van der Waals surface area (Å²) in [4.78, 5) is 5.43. The summed E-state index contributed by atoms with van der Waals surface area (Å²) in [5.41, 5.74) is 2.97. The van der Waals surface area contributed by atoms with E-state index >= 15 is 0 Å². The second-order valence-electron chi connectivity index (χ2n) is 2.61. The fraction of sp³-hybridized carbons (Fsp3) is 0.625. The maximum Gasteiger partial charge on any atom is 0.0798 e. The van der Waals surface area contributed by atoms with Crippen LogP contribution in [0.2, 0.25) is 0 Å². The average molecular weight is 186 g/mol. The van der Waals surface area contributed by atoms with Crippen LogP contribution in [0.15, 0.2) is 5.51 Å². The van der Waals surface area contributed by atoms with Gasteiger partial charge in [-0.2, -0.15) is 0 Å². The van der Waals surface area contributed by atoms with Crippen molar-refractivity contribution in [3.8, 4) is 0 Å². The molecule has 0 aromatic carbocycles. The van der Waals surface area contributed by atoms with E-state index in [9.17, 15) is 0 Å². The van der Waals surface area contributed by atoms with E-state index in [4.69, 9.17) is 5.11 Å². The highest BCUT2D eigenvalue weighted by Gasteiger charge is 1.98. The lowest BCUT2D eigenvalue weighted by atomic mass is 10.4. The van der Waals surface area contributed by atoms with Crippen LogP contribution in [0, 0.1) is 6.92 Å². The van der Waals surface area contributed by atoms with Crippen LogP contribution < -0.4 is 5.32 Å². The molecular formula is C8H14N2OS. The minimum atomic E-state index is 0.259. The maximum absolute atomic E-state index is 8.53. The Hall–Kier alpha value is -0.450. The van der Waals surface area contributed by atoms with Crippen molar-refractivity contribution in [1.29, 1.82) is 0 Å². The van der Waals surface area contributed by atoms with Crippen molar-refractivity contribution in [2.45, 2.75) is 19.9 Å². The first-order chi connectivity index (χ1) is 5.84. The Morgan fingerprint density at radius 2 is 2.50 bits per heavy atom. The van der Waals surface area contributed by atoms with E-state index in [1.165, 1.54) is 4.88 Å². The van der Waals surface area contributed by atoms with Crippen LogP contribution >= 0.6 is 11.3 Å². The van der Waals surface area contributed by atoms with Crippen molar-refractivity contribution >= 4 is 11.3 Å². The van der Waals surface area contributed by atoms with Crippen molar-refractivity contribution in [3.63, 3.8) is 0 Å². The van der Waals surface area contributed by atoms with Gasteiger partial charge in [-0.3, -0.25) is 0 Å². The molecule has 0 saturated carbocycles. The first kappa shape index (κ1) is 9.64. The summed E-state index contributed by atoms with van der Waals surface area (Å²) in [6.07, 6.45) is 0.817. The molecular weight excluding hydrogens is 172 g/mol. The van der Waals surface area contributed by atoms with Crippen LogP contribution in [-0.2, 0) is 6.54 Å². The molecule has 0 fully saturated rings. The third kappa shape index (κ3) is 2.89. The standard InChI is InChI=1S/C8H14N2OS/c1-7-8(12-6-10-7)5-9-3-2-4-11/h6,9,11H,2-5H2,1H3. The van der Waals surface area contributed by atoms with Gasteiger partial charge in [-0.15, -0.1) is 11.3 Å². The van der Waals surface area contributed by atoms with E-state index in [-0.39, 0.29) is 6.61 Å². The Bertz CT molecular complexity index is 225. The molecule has 12 heavy (non-hydrogen) atoms. The van der Waals surface area contributed by atoms with Crippen molar-refractivity contribution in [3.05, 3.63) is 16.1 Å². The molecule has 0 saturated heterocycles. The smallest absolute Gasteiger partial charge is 0.0798 e. The molecule has 4 heteroatoms. The first-order valence-corrected chi connectivity index (χ1v) is 4.93. The van der Waals surface area contributed by atoms with Gasteiger partial charge in [0, 0.05) is 18.0 Å². The fourth-order valence-corrected chi connectivity index (χ4v) is 1.65. The molecule has 2 N–H and O–H groups in total. The molecule has 0 aliphatic heterocycles. The lowest BCUT2D eigenvalue weighted by Gasteiger charge is -2.00. The van der Waals surface area contributed by atoms with Crippen molar-refractivity contribution in [1.82, 2.24) is 10.3 Å². The number of rotatable bonds is 5. The zero-order chi connectivity index (χ0) is 8.81. The van der Waals surface area contributed by atoms with Crippen LogP contribution in [0.5, 0.6) is 0 Å². The van der Waals surface area contributed by atoms with Crippen molar-refractivity contribution in [2.75, 3.05) is 13.2 Å². The Balaban J connectivity index is 2.20. The van der Waals surface area contributed by atoms with Gasteiger partial charge in [-0.05, 0) is 19.9 Å². The third-order valence-electron chi connectivity index (χ3n) is 1.64. The molecule has 0 atom stereocenters. The topological polar surface area (TPSA) is 45.2 Å². The molecule has 0 amide bonds. The van der Waals surface area contributed by atoms with Crippen LogP contribution in [0.1, 0.15) is 17.0 Å². The highest BCUT2D eigenvalue weighted by molar-refractivity contribution is 7.09. The van der Waals surface area contributed by atoms with Gasteiger partial charge >= 0.3 is 0 Å². The molecule has 0 spiro atoms. The molecule has 3 nitrogen and oxygen atoms in total. The summed E-state index contributed by atoms with van der Waals surface area (Å²) < 4.78 is 0. The molecule has 0 aliphatic rings. The summed E-state index contributed by atoms with van der Waals surface area (Å²) in [5, 5.41) is 11.8. The molecule has 1 aromatic heterocycles. The summed E-state index contributed by atoms with van der Waals surface area (Å²) >= 11 is 1.67. The number of aliphatic hydroxyl groups excluding tert-OH is 1. The summed E-state index contributed by atoms with van der Waals surface area (Å²) in [6.45, 7) is 4.01. The molecule has 68 valence electrons. The monoisotopic (exact) mass is 186 g/mol. The zero-order valence-electron chi connectivity index (χ0n) is 7.21. The largest absolute Gasteiger partial charge is 0.396 e. The number of hydrogen-bond donors (Lipinski definition) is 2. The summed E-state index contributed by atoms with van der Waals surface area (Å²) in [5.74, 6) is 0. The van der Waals surface area contributed by atoms with Gasteiger partial charge in [0.05, 0.1) is 11.2 Å². The van der Waals surface area contributed by atoms with Crippen LogP contribution in [0.4, 0.5) is 0 Å². The Morgan fingerprint density at radius 1 is 1.67 bits per heavy atom. The number of hydrogen-bond acceptors (Lipinski definition) is 4. The Morgan fingerprint density at radius 3 is 3.08 bits per heavy atom. The van der Waals surface area contributed by atoms with Gasteiger partial charge < -0.3 is 10.4 Å². The molecule has 0 aliphatic carbocycles. The minimum Gasteiger partial charge on any atom is -0.396 e. The van der Waals surface area contributed by atoms with Crippen LogP contribution in [-0.4, -0.2) is 23.2 Å². The van der Waals surface area contributed by atoms with Crippen molar-refractivity contribution in [2.24, 2.45) is 0 Å². The van der Waals surface area contributed by atoms with E-state index in [0.717, 1.165) is 25.2 Å². The van der Waals surface area contributed by atoms with Gasteiger partial charge in [0.15, 0.2) is 0 Å². The average Bonchev–Trinajstić information content (AvgIpc) is 2.46. The molecule has 0 bridgehead atoms. The lowest BCUT2D eigenvalue weighted by Crippen LogP contribution is -2.15. The molecule has 1 rings (SSSR count). The van der Waals surface area contributed by atoms with E-state index in [2.05, 4.69) is 10.3 Å². The molecule has 1 aromatic rings. The number of thiazole rings is 1. The van der Waals surface area contributed by atoms with Gasteiger partial charge in [0.25, 0.3) is 0 Å². The minimum absolute atomic E-state index is 0.259. The third-order valence-corrected chi connectivity index (χ3v) is 2.58. The zero-order valence-corrected chi connectivity index (χ0v) is 8.02. The maximum atomic E-state index is 8.53. The Labute approximate surface area is 76.5 Å². The van der Waals surface area contributed by atoms with E-state index in [0.29, 0.717) is 0 Å². The van der Waals surface area contributed by atoms with E-state index < -0.39 is 0 Å². The first-order valence-electron chi connectivity index (χ1n) is 4.05. The van der Waals surface area contributed by atoms with Gasteiger partial charge in [0.2, 0.25) is 0 Å². The molecule has 0 radical (unpaired) electrons. The predicted molar refractivity (Wildman–Crippen MR) is 50.3 cm³/mol. The van der Waals surface area contributed by atoms with Crippen molar-refractivity contribution < 1.29 is 5.11 Å². The van der Waals surface area contributed by atoms with Gasteiger partial charge in [-0.25, -0.2) is 4.98 Å². The highest BCUT2D eigenvalue weighted by Crippen LogP contribution is 2.10. The van der Waals surface area contributed by atoms with Gasteiger partial charge in [-0.1, -0.05) is 0 Å². The normalized spacial score (nSPS) is 10.5. The number of aromatic nitrogens is 1. The Kier molecular flexibility index (Phi) is 4.21. The van der Waals surface area contributed by atoms with E-state index in [1.807, 2.05) is 12.4 Å². The number of aliphatic hydroxyl groups is 1. The SMILES string of the molecule is Cc1ncsc1CNCCCO. The fourth-order valence-electron chi connectivity index (χ4n) is 0.902. The van der Waals surface area contributed by atoms with Crippen LogP contribution in [0.25, 0.3) is 0 Å².